The lowest BCUT2D eigenvalue weighted by molar-refractivity contribution is -0.169. The summed E-state index contributed by atoms with van der Waals surface area (Å²) >= 11 is 0. The fourth-order valence-electron chi connectivity index (χ4n) is 5.89. The lowest BCUT2D eigenvalue weighted by atomic mass is 9.45. The molecule has 3 fully saturated rings. The van der Waals surface area contributed by atoms with Crippen molar-refractivity contribution in [3.8, 4) is 0 Å². The zero-order valence-corrected chi connectivity index (χ0v) is 16.0. The third kappa shape index (κ3) is 3.13. The van der Waals surface area contributed by atoms with Gasteiger partial charge in [-0.1, -0.05) is 20.4 Å². The van der Waals surface area contributed by atoms with Crippen LogP contribution in [0.1, 0.15) is 39.5 Å². The van der Waals surface area contributed by atoms with Crippen molar-refractivity contribution >= 4 is 5.97 Å². The first-order chi connectivity index (χ1) is 12.6. The first-order valence-corrected chi connectivity index (χ1v) is 9.74. The molecule has 154 valence electrons. The smallest absolute Gasteiger partial charge is 0.314 e. The Morgan fingerprint density at radius 3 is 2.52 bits per heavy atom. The molecule has 0 spiro atoms. The van der Waals surface area contributed by atoms with Gasteiger partial charge in [0.15, 0.2) is 0 Å². The molecule has 0 aromatic rings. The van der Waals surface area contributed by atoms with Gasteiger partial charge >= 0.3 is 5.97 Å². The van der Waals surface area contributed by atoms with Gasteiger partial charge < -0.3 is 30.3 Å². The number of carbonyl (C=O) groups excluding carboxylic acids is 1. The largest absolute Gasteiger partial charge is 0.463 e. The number of aliphatic hydroxyl groups is 5. The summed E-state index contributed by atoms with van der Waals surface area (Å²) in [4.78, 5) is 11.9. The maximum absolute atomic E-state index is 11.9. The molecule has 0 aromatic carbocycles. The van der Waals surface area contributed by atoms with Crippen LogP contribution in [0.3, 0.4) is 0 Å². The van der Waals surface area contributed by atoms with E-state index in [1.54, 1.807) is 0 Å². The van der Waals surface area contributed by atoms with Crippen LogP contribution < -0.4 is 0 Å². The molecule has 1 saturated heterocycles. The molecule has 0 unspecified atom stereocenters. The summed E-state index contributed by atoms with van der Waals surface area (Å²) in [5, 5.41) is 51.9. The van der Waals surface area contributed by atoms with Crippen molar-refractivity contribution < 1.29 is 35.1 Å². The average molecular weight is 384 g/mol. The molecule has 3 aliphatic rings. The average Bonchev–Trinajstić information content (AvgIpc) is 2.96. The molecular formula is C20H32O7. The standard InChI is InChI=1S/C20H32O7/c1-10-11(6-13(23)17-14(24)8-27-18(17)26)19(2)5-4-16(25)20(3,9-21)15(19)7-12(10)22/h11-17,21-25H,1,4-9H2,2-3H3/t11-,12-,13-,14-,15+,16-,17-,19+,20+/m1/s1. The normalized spacial score (nSPS) is 48.9. The molecule has 9 atom stereocenters. The number of carbonyl (C=O) groups is 1. The highest BCUT2D eigenvalue weighted by Crippen LogP contribution is 2.62. The Hall–Kier alpha value is -0.990. The molecule has 7 heteroatoms. The van der Waals surface area contributed by atoms with E-state index < -0.39 is 47.1 Å². The van der Waals surface area contributed by atoms with Crippen LogP contribution in [-0.2, 0) is 9.53 Å². The zero-order chi connectivity index (χ0) is 20.1. The predicted molar refractivity (Wildman–Crippen MR) is 96.4 cm³/mol. The molecule has 27 heavy (non-hydrogen) atoms. The van der Waals surface area contributed by atoms with Crippen LogP contribution in [0, 0.1) is 28.6 Å². The van der Waals surface area contributed by atoms with Crippen molar-refractivity contribution in [2.24, 2.45) is 28.6 Å². The van der Waals surface area contributed by atoms with Gasteiger partial charge in [0.25, 0.3) is 0 Å². The Kier molecular flexibility index (Phi) is 5.47. The van der Waals surface area contributed by atoms with Crippen LogP contribution in [0.2, 0.25) is 0 Å². The minimum Gasteiger partial charge on any atom is -0.463 e. The third-order valence-electron chi connectivity index (χ3n) is 7.76. The topological polar surface area (TPSA) is 127 Å². The van der Waals surface area contributed by atoms with Gasteiger partial charge in [0.1, 0.15) is 18.6 Å². The number of hydrogen-bond acceptors (Lipinski definition) is 7. The van der Waals surface area contributed by atoms with Gasteiger partial charge in [0, 0.05) is 5.41 Å². The molecule has 5 N–H and O–H groups in total. The molecule has 0 aromatic heterocycles. The second-order valence-corrected chi connectivity index (χ2v) is 9.18. The van der Waals surface area contributed by atoms with Gasteiger partial charge in [-0.3, -0.25) is 4.79 Å². The molecule has 0 amide bonds. The molecule has 1 heterocycles. The van der Waals surface area contributed by atoms with E-state index in [9.17, 15) is 30.3 Å². The van der Waals surface area contributed by atoms with Gasteiger partial charge in [-0.15, -0.1) is 0 Å². The van der Waals surface area contributed by atoms with E-state index in [-0.39, 0.29) is 31.5 Å². The maximum Gasteiger partial charge on any atom is 0.314 e. The van der Waals surface area contributed by atoms with Crippen molar-refractivity contribution in [3.63, 3.8) is 0 Å². The number of cyclic esters (lactones) is 1. The van der Waals surface area contributed by atoms with E-state index in [1.165, 1.54) is 0 Å². The molecule has 3 rings (SSSR count). The first kappa shape index (κ1) is 20.7. The van der Waals surface area contributed by atoms with Crippen LogP contribution in [-0.4, -0.2) is 69.1 Å². The zero-order valence-electron chi connectivity index (χ0n) is 16.0. The van der Waals surface area contributed by atoms with E-state index in [0.29, 0.717) is 24.8 Å². The fourth-order valence-corrected chi connectivity index (χ4v) is 5.89. The minimum absolute atomic E-state index is 0.122. The van der Waals surface area contributed by atoms with Crippen molar-refractivity contribution in [2.45, 2.75) is 63.9 Å². The van der Waals surface area contributed by atoms with Crippen molar-refractivity contribution in [1.29, 1.82) is 0 Å². The van der Waals surface area contributed by atoms with E-state index >= 15 is 0 Å². The number of rotatable bonds is 4. The maximum atomic E-state index is 11.9. The Labute approximate surface area is 159 Å². The van der Waals surface area contributed by atoms with Gasteiger partial charge in [-0.2, -0.15) is 0 Å². The molecule has 0 radical (unpaired) electrons. The Morgan fingerprint density at radius 1 is 1.30 bits per heavy atom. The molecule has 7 nitrogen and oxygen atoms in total. The van der Waals surface area contributed by atoms with E-state index in [4.69, 9.17) is 4.74 Å². The van der Waals surface area contributed by atoms with Crippen LogP contribution >= 0.6 is 0 Å². The molecule has 2 aliphatic carbocycles. The van der Waals surface area contributed by atoms with Crippen molar-refractivity contribution in [1.82, 2.24) is 0 Å². The van der Waals surface area contributed by atoms with Crippen molar-refractivity contribution in [3.05, 3.63) is 12.2 Å². The lowest BCUT2D eigenvalue weighted by Gasteiger charge is -2.61. The lowest BCUT2D eigenvalue weighted by Crippen LogP contribution is -2.60. The predicted octanol–water partition coefficient (Wildman–Crippen LogP) is -0.0159. The number of fused-ring (bicyclic) bond motifs is 1. The van der Waals surface area contributed by atoms with Gasteiger partial charge in [-0.05, 0) is 48.5 Å². The quantitative estimate of drug-likeness (QED) is 0.341. The fraction of sp³-hybridized carbons (Fsp3) is 0.850. The minimum atomic E-state index is -1.12. The number of esters is 1. The second kappa shape index (κ2) is 7.12. The summed E-state index contributed by atoms with van der Waals surface area (Å²) in [6, 6.07) is 0. The van der Waals surface area contributed by atoms with Crippen LogP contribution in [0.5, 0.6) is 0 Å². The summed E-state index contributed by atoms with van der Waals surface area (Å²) in [6.07, 6.45) is -1.92. The van der Waals surface area contributed by atoms with Crippen molar-refractivity contribution in [2.75, 3.05) is 13.2 Å². The molecule has 1 aliphatic heterocycles. The van der Waals surface area contributed by atoms with Gasteiger partial charge in [0.2, 0.25) is 0 Å². The molecule has 0 bridgehead atoms. The van der Waals surface area contributed by atoms with E-state index in [1.807, 2.05) is 6.92 Å². The third-order valence-corrected chi connectivity index (χ3v) is 7.76. The van der Waals surface area contributed by atoms with Gasteiger partial charge in [-0.25, -0.2) is 0 Å². The Balaban J connectivity index is 1.91. The van der Waals surface area contributed by atoms with E-state index in [2.05, 4.69) is 13.5 Å². The summed E-state index contributed by atoms with van der Waals surface area (Å²) in [5.74, 6) is -2.09. The van der Waals surface area contributed by atoms with Crippen LogP contribution in [0.25, 0.3) is 0 Å². The highest BCUT2D eigenvalue weighted by atomic mass is 16.6. The highest BCUT2D eigenvalue weighted by molar-refractivity contribution is 5.75. The summed E-state index contributed by atoms with van der Waals surface area (Å²) in [7, 11) is 0. The summed E-state index contributed by atoms with van der Waals surface area (Å²) in [6.45, 7) is 7.63. The SMILES string of the molecule is C=C1[C@H](O)C[C@@H]2[C@](C)(CO)[C@H](O)CC[C@@]2(C)[C@@H]1C[C@@H](O)[C@H]1C(=O)OC[C@H]1O. The monoisotopic (exact) mass is 384 g/mol. The summed E-state index contributed by atoms with van der Waals surface area (Å²) < 4.78 is 4.85. The highest BCUT2D eigenvalue weighted by Gasteiger charge is 2.60. The Bertz CT molecular complexity index is 607. The second-order valence-electron chi connectivity index (χ2n) is 9.18. The molecular weight excluding hydrogens is 352 g/mol. The molecule has 2 saturated carbocycles. The number of hydrogen-bond donors (Lipinski definition) is 5. The van der Waals surface area contributed by atoms with Crippen LogP contribution in [0.4, 0.5) is 0 Å². The van der Waals surface area contributed by atoms with Gasteiger partial charge in [0.05, 0.1) is 24.9 Å². The first-order valence-electron chi connectivity index (χ1n) is 9.74. The number of aliphatic hydroxyl groups excluding tert-OH is 5. The van der Waals surface area contributed by atoms with Crippen LogP contribution in [0.15, 0.2) is 12.2 Å². The Morgan fingerprint density at radius 2 is 1.96 bits per heavy atom. The number of ether oxygens (including phenoxy) is 1. The van der Waals surface area contributed by atoms with E-state index in [0.717, 1.165) is 0 Å². The summed E-state index contributed by atoms with van der Waals surface area (Å²) in [5.41, 5.74) is -0.559.